The summed E-state index contributed by atoms with van der Waals surface area (Å²) in [7, 11) is 0. The molecule has 1 aromatic heterocycles. The van der Waals surface area contributed by atoms with Gasteiger partial charge in [0.25, 0.3) is 0 Å². The first-order valence-corrected chi connectivity index (χ1v) is 4.11. The lowest BCUT2D eigenvalue weighted by molar-refractivity contribution is 0.276. The Hall–Kier alpha value is -0.930. The first-order chi connectivity index (χ1) is 5.86. The minimum Gasteiger partial charge on any atom is -0.390 e. The summed E-state index contributed by atoms with van der Waals surface area (Å²) in [5.41, 5.74) is 7.30. The lowest BCUT2D eigenvalue weighted by Crippen LogP contribution is -2.01. The lowest BCUT2D eigenvalue weighted by atomic mass is 10.1. The van der Waals surface area contributed by atoms with Crippen LogP contribution in [-0.4, -0.2) is 16.6 Å². The van der Waals surface area contributed by atoms with E-state index >= 15 is 0 Å². The molecule has 0 saturated carbocycles. The molecule has 0 radical (unpaired) electrons. The van der Waals surface area contributed by atoms with Crippen molar-refractivity contribution in [1.29, 1.82) is 0 Å². The monoisotopic (exact) mass is 166 g/mol. The zero-order chi connectivity index (χ0) is 8.81. The van der Waals surface area contributed by atoms with Gasteiger partial charge < -0.3 is 10.8 Å². The molecule has 0 bridgehead atoms. The molecule has 0 aliphatic heterocycles. The fraction of sp³-hybridized carbons (Fsp3) is 0.444. The summed E-state index contributed by atoms with van der Waals surface area (Å²) >= 11 is 0. The largest absolute Gasteiger partial charge is 0.390 e. The minimum atomic E-state index is 0.0104. The third-order valence-electron chi connectivity index (χ3n) is 1.71. The van der Waals surface area contributed by atoms with Crippen LogP contribution in [-0.2, 0) is 13.0 Å². The van der Waals surface area contributed by atoms with Crippen LogP contribution in [0, 0.1) is 0 Å². The number of aliphatic hydroxyl groups is 1. The first-order valence-electron chi connectivity index (χ1n) is 4.11. The summed E-state index contributed by atoms with van der Waals surface area (Å²) in [6, 6.07) is 3.87. The topological polar surface area (TPSA) is 59.1 Å². The van der Waals surface area contributed by atoms with Crippen LogP contribution in [0.5, 0.6) is 0 Å². The maximum absolute atomic E-state index is 8.80. The second-order valence-corrected chi connectivity index (χ2v) is 2.71. The molecule has 3 heteroatoms. The van der Waals surface area contributed by atoms with Gasteiger partial charge in [0.1, 0.15) is 0 Å². The van der Waals surface area contributed by atoms with Gasteiger partial charge in [-0.05, 0) is 37.1 Å². The number of nitrogens with zero attached hydrogens (tertiary/aromatic N) is 1. The second kappa shape index (κ2) is 4.85. The van der Waals surface area contributed by atoms with Crippen molar-refractivity contribution < 1.29 is 5.11 Å². The molecule has 1 aromatic rings. The maximum atomic E-state index is 8.80. The molecular formula is C9H14N2O. The Labute approximate surface area is 72.2 Å². The molecule has 0 aliphatic carbocycles. The molecule has 0 aromatic carbocycles. The number of rotatable bonds is 4. The van der Waals surface area contributed by atoms with Crippen LogP contribution in [0.4, 0.5) is 0 Å². The Bertz CT molecular complexity index is 238. The van der Waals surface area contributed by atoms with E-state index in [2.05, 4.69) is 4.98 Å². The van der Waals surface area contributed by atoms with Crippen molar-refractivity contribution in [2.24, 2.45) is 5.73 Å². The number of aryl methyl sites for hydroxylation is 1. The number of pyridine rings is 1. The van der Waals surface area contributed by atoms with Crippen LogP contribution in [0.1, 0.15) is 17.7 Å². The second-order valence-electron chi connectivity index (χ2n) is 2.71. The SMILES string of the molecule is NCCCc1ccnc(CO)c1. The van der Waals surface area contributed by atoms with E-state index in [0.29, 0.717) is 6.54 Å². The van der Waals surface area contributed by atoms with E-state index in [-0.39, 0.29) is 6.61 Å². The zero-order valence-corrected chi connectivity index (χ0v) is 7.03. The molecule has 0 aliphatic rings. The van der Waals surface area contributed by atoms with Crippen molar-refractivity contribution in [2.75, 3.05) is 6.54 Å². The lowest BCUT2D eigenvalue weighted by Gasteiger charge is -2.00. The van der Waals surface area contributed by atoms with E-state index in [0.717, 1.165) is 18.5 Å². The van der Waals surface area contributed by atoms with Gasteiger partial charge in [0.2, 0.25) is 0 Å². The quantitative estimate of drug-likeness (QED) is 0.683. The average Bonchev–Trinajstić information content (AvgIpc) is 2.15. The Morgan fingerprint density at radius 1 is 1.50 bits per heavy atom. The van der Waals surface area contributed by atoms with Crippen molar-refractivity contribution in [3.63, 3.8) is 0 Å². The predicted octanol–water partition coefficient (Wildman–Crippen LogP) is 0.465. The van der Waals surface area contributed by atoms with E-state index in [9.17, 15) is 0 Å². The van der Waals surface area contributed by atoms with E-state index < -0.39 is 0 Å². The average molecular weight is 166 g/mol. The van der Waals surface area contributed by atoms with Crippen LogP contribution in [0.15, 0.2) is 18.3 Å². The standard InChI is InChI=1S/C9H14N2O/c10-4-1-2-8-3-5-11-9(6-8)7-12/h3,5-6,12H,1-2,4,7,10H2. The van der Waals surface area contributed by atoms with Gasteiger partial charge >= 0.3 is 0 Å². The van der Waals surface area contributed by atoms with Gasteiger partial charge in [-0.2, -0.15) is 0 Å². The fourth-order valence-corrected chi connectivity index (χ4v) is 1.08. The van der Waals surface area contributed by atoms with Gasteiger partial charge in [0.05, 0.1) is 12.3 Å². The maximum Gasteiger partial charge on any atom is 0.0853 e. The molecule has 3 nitrogen and oxygen atoms in total. The Morgan fingerprint density at radius 2 is 2.33 bits per heavy atom. The van der Waals surface area contributed by atoms with Crippen molar-refractivity contribution in [3.05, 3.63) is 29.6 Å². The molecule has 3 N–H and O–H groups in total. The summed E-state index contributed by atoms with van der Waals surface area (Å²) < 4.78 is 0. The Balaban J connectivity index is 2.60. The number of nitrogens with two attached hydrogens (primary N) is 1. The van der Waals surface area contributed by atoms with Crippen molar-refractivity contribution >= 4 is 0 Å². The Morgan fingerprint density at radius 3 is 3.00 bits per heavy atom. The van der Waals surface area contributed by atoms with Crippen LogP contribution < -0.4 is 5.73 Å². The number of aromatic nitrogens is 1. The number of hydrogen-bond donors (Lipinski definition) is 2. The molecule has 0 saturated heterocycles. The van der Waals surface area contributed by atoms with Crippen LogP contribution in [0.25, 0.3) is 0 Å². The van der Waals surface area contributed by atoms with E-state index in [1.165, 1.54) is 5.56 Å². The molecule has 0 amide bonds. The van der Waals surface area contributed by atoms with Gasteiger partial charge in [0.15, 0.2) is 0 Å². The minimum absolute atomic E-state index is 0.0104. The number of aliphatic hydroxyl groups excluding tert-OH is 1. The summed E-state index contributed by atoms with van der Waals surface area (Å²) in [6.45, 7) is 0.716. The van der Waals surface area contributed by atoms with Crippen molar-refractivity contribution in [1.82, 2.24) is 4.98 Å². The van der Waals surface area contributed by atoms with Crippen LogP contribution in [0.2, 0.25) is 0 Å². The van der Waals surface area contributed by atoms with E-state index in [1.54, 1.807) is 6.20 Å². The third kappa shape index (κ3) is 2.60. The predicted molar refractivity (Wildman–Crippen MR) is 47.5 cm³/mol. The van der Waals surface area contributed by atoms with E-state index in [1.807, 2.05) is 12.1 Å². The smallest absolute Gasteiger partial charge is 0.0853 e. The molecule has 12 heavy (non-hydrogen) atoms. The molecule has 0 fully saturated rings. The highest BCUT2D eigenvalue weighted by Gasteiger charge is 1.94. The summed E-state index contributed by atoms with van der Waals surface area (Å²) in [5.74, 6) is 0. The molecule has 1 heterocycles. The van der Waals surface area contributed by atoms with E-state index in [4.69, 9.17) is 10.8 Å². The fourth-order valence-electron chi connectivity index (χ4n) is 1.08. The summed E-state index contributed by atoms with van der Waals surface area (Å²) in [4.78, 5) is 3.98. The summed E-state index contributed by atoms with van der Waals surface area (Å²) in [6.07, 6.45) is 3.66. The highest BCUT2D eigenvalue weighted by Crippen LogP contribution is 2.03. The normalized spacial score (nSPS) is 10.2. The molecule has 0 spiro atoms. The van der Waals surface area contributed by atoms with Gasteiger partial charge in [-0.25, -0.2) is 0 Å². The van der Waals surface area contributed by atoms with Gasteiger partial charge in [-0.1, -0.05) is 0 Å². The molecule has 0 unspecified atom stereocenters. The molecule has 0 atom stereocenters. The van der Waals surface area contributed by atoms with Crippen molar-refractivity contribution in [3.8, 4) is 0 Å². The molecule has 1 rings (SSSR count). The highest BCUT2D eigenvalue weighted by atomic mass is 16.3. The van der Waals surface area contributed by atoms with Gasteiger partial charge in [-0.3, -0.25) is 4.98 Å². The zero-order valence-electron chi connectivity index (χ0n) is 7.03. The highest BCUT2D eigenvalue weighted by molar-refractivity contribution is 5.15. The molecule has 66 valence electrons. The summed E-state index contributed by atoms with van der Waals surface area (Å²) in [5, 5.41) is 8.80. The third-order valence-corrected chi connectivity index (χ3v) is 1.71. The first kappa shape index (κ1) is 9.16. The number of hydrogen-bond acceptors (Lipinski definition) is 3. The Kier molecular flexibility index (Phi) is 3.70. The van der Waals surface area contributed by atoms with Gasteiger partial charge in [-0.15, -0.1) is 0 Å². The van der Waals surface area contributed by atoms with Crippen molar-refractivity contribution in [2.45, 2.75) is 19.4 Å². The van der Waals surface area contributed by atoms with Gasteiger partial charge in [0, 0.05) is 6.20 Å². The van der Waals surface area contributed by atoms with Crippen LogP contribution in [0.3, 0.4) is 0 Å². The van der Waals surface area contributed by atoms with Crippen LogP contribution >= 0.6 is 0 Å². The molecular weight excluding hydrogens is 152 g/mol.